The van der Waals surface area contributed by atoms with Gasteiger partial charge in [-0.3, -0.25) is 0 Å². The maximum absolute atomic E-state index is 11.3. The zero-order chi connectivity index (χ0) is 17.9. The van der Waals surface area contributed by atoms with Crippen LogP contribution < -0.4 is 5.14 Å². The Morgan fingerprint density at radius 1 is 1.08 bits per heavy atom. The van der Waals surface area contributed by atoms with Gasteiger partial charge in [-0.2, -0.15) is 0 Å². The summed E-state index contributed by atoms with van der Waals surface area (Å²) in [5.41, 5.74) is 2.28. The lowest BCUT2D eigenvalue weighted by Crippen LogP contribution is -2.12. The summed E-state index contributed by atoms with van der Waals surface area (Å²) < 4.78 is 24.8. The minimum absolute atomic E-state index is 0.136. The molecule has 3 aromatic rings. The predicted octanol–water partition coefficient (Wildman–Crippen LogP) is 2.92. The molecular formula is C19H21N3O2S. The second-order valence-electron chi connectivity index (χ2n) is 6.05. The molecule has 0 saturated heterocycles. The normalized spacial score (nSPS) is 12.9. The number of imidazole rings is 1. The third kappa shape index (κ3) is 4.15. The Morgan fingerprint density at radius 2 is 1.76 bits per heavy atom. The number of benzene rings is 2. The number of nitrogens with two attached hydrogens (primary N) is 1. The van der Waals surface area contributed by atoms with Crippen LogP contribution in [0.4, 0.5) is 0 Å². The number of sulfonamides is 1. The van der Waals surface area contributed by atoms with E-state index in [0.717, 1.165) is 24.4 Å². The molecule has 6 heteroatoms. The Hall–Kier alpha value is -2.44. The fraction of sp³-hybridized carbons (Fsp3) is 0.211. The Kier molecular flexibility index (Phi) is 5.01. The highest BCUT2D eigenvalue weighted by atomic mass is 32.2. The topological polar surface area (TPSA) is 78.0 Å². The molecule has 0 spiro atoms. The number of rotatable bonds is 6. The van der Waals surface area contributed by atoms with Crippen molar-refractivity contribution in [3.05, 3.63) is 83.9 Å². The highest BCUT2D eigenvalue weighted by Crippen LogP contribution is 2.22. The molecule has 0 radical (unpaired) electrons. The average molecular weight is 355 g/mol. The number of hydrogen-bond donors (Lipinski definition) is 1. The van der Waals surface area contributed by atoms with Crippen molar-refractivity contribution in [2.24, 2.45) is 5.14 Å². The van der Waals surface area contributed by atoms with Gasteiger partial charge in [0.15, 0.2) is 0 Å². The van der Waals surface area contributed by atoms with Crippen LogP contribution in [-0.4, -0.2) is 18.0 Å². The number of hydrogen-bond acceptors (Lipinski definition) is 3. The molecule has 0 aliphatic rings. The van der Waals surface area contributed by atoms with Crippen LogP contribution in [-0.2, 0) is 23.0 Å². The van der Waals surface area contributed by atoms with Gasteiger partial charge in [0.2, 0.25) is 10.0 Å². The monoisotopic (exact) mass is 355 g/mol. The molecule has 0 bridgehead atoms. The second kappa shape index (κ2) is 7.21. The quantitative estimate of drug-likeness (QED) is 0.738. The lowest BCUT2D eigenvalue weighted by Gasteiger charge is -2.14. The van der Waals surface area contributed by atoms with Crippen LogP contribution >= 0.6 is 0 Å². The molecular weight excluding hydrogens is 334 g/mol. The number of aromatic nitrogens is 2. The predicted molar refractivity (Wildman–Crippen MR) is 97.7 cm³/mol. The summed E-state index contributed by atoms with van der Waals surface area (Å²) in [5, 5.41) is 5.13. The molecule has 0 unspecified atom stereocenters. The smallest absolute Gasteiger partial charge is 0.238 e. The van der Waals surface area contributed by atoms with Crippen molar-refractivity contribution in [1.82, 2.24) is 9.55 Å². The van der Waals surface area contributed by atoms with Gasteiger partial charge in [-0.1, -0.05) is 49.4 Å². The van der Waals surface area contributed by atoms with Gasteiger partial charge in [-0.15, -0.1) is 0 Å². The van der Waals surface area contributed by atoms with E-state index in [4.69, 9.17) is 5.14 Å². The Bertz CT molecular complexity index is 932. The summed E-state index contributed by atoms with van der Waals surface area (Å²) in [6.07, 6.45) is 4.59. The Morgan fingerprint density at radius 3 is 2.40 bits per heavy atom. The molecule has 5 nitrogen and oxygen atoms in total. The summed E-state index contributed by atoms with van der Waals surface area (Å²) in [5.74, 6) is 1.23. The largest absolute Gasteiger partial charge is 0.334 e. The van der Waals surface area contributed by atoms with Crippen LogP contribution in [0.1, 0.15) is 29.8 Å². The number of aryl methyl sites for hydroxylation is 2. The van der Waals surface area contributed by atoms with E-state index in [9.17, 15) is 8.42 Å². The highest BCUT2D eigenvalue weighted by molar-refractivity contribution is 7.89. The third-order valence-corrected chi connectivity index (χ3v) is 5.26. The van der Waals surface area contributed by atoms with Crippen molar-refractivity contribution in [3.63, 3.8) is 0 Å². The first kappa shape index (κ1) is 17.4. The summed E-state index contributed by atoms with van der Waals surface area (Å²) in [4.78, 5) is 4.65. The lowest BCUT2D eigenvalue weighted by atomic mass is 10.0. The van der Waals surface area contributed by atoms with Crippen LogP contribution in [0, 0.1) is 0 Å². The van der Waals surface area contributed by atoms with Crippen molar-refractivity contribution in [2.75, 3.05) is 0 Å². The zero-order valence-corrected chi connectivity index (χ0v) is 14.9. The van der Waals surface area contributed by atoms with E-state index in [0.29, 0.717) is 0 Å². The molecule has 0 fully saturated rings. The van der Waals surface area contributed by atoms with Crippen LogP contribution in [0.3, 0.4) is 0 Å². The molecule has 0 amide bonds. The number of primary sulfonamides is 1. The molecule has 1 atom stereocenters. The minimum Gasteiger partial charge on any atom is -0.334 e. The van der Waals surface area contributed by atoms with E-state index in [1.54, 1.807) is 24.3 Å². The van der Waals surface area contributed by atoms with E-state index < -0.39 is 10.0 Å². The van der Waals surface area contributed by atoms with Crippen molar-refractivity contribution in [3.8, 4) is 0 Å². The molecule has 0 aliphatic heterocycles. The standard InChI is InChI=1S/C19H21N3O2S/c1-15(17-5-3-2-4-6-17)19-21-12-14-22(19)13-11-16-7-9-18(10-8-16)25(20,23)24/h2-10,12,14-15H,11,13H2,1H3,(H2,20,23,24)/t15-/m1/s1. The van der Waals surface area contributed by atoms with Gasteiger partial charge in [-0.25, -0.2) is 18.5 Å². The molecule has 130 valence electrons. The molecule has 1 heterocycles. The Balaban J connectivity index is 1.72. The second-order valence-corrected chi connectivity index (χ2v) is 7.61. The van der Waals surface area contributed by atoms with E-state index >= 15 is 0 Å². The zero-order valence-electron chi connectivity index (χ0n) is 14.0. The summed E-state index contributed by atoms with van der Waals surface area (Å²) in [6.45, 7) is 2.93. The molecule has 1 aromatic heterocycles. The van der Waals surface area contributed by atoms with Gasteiger partial charge in [-0.05, 0) is 29.7 Å². The van der Waals surface area contributed by atoms with Crippen LogP contribution in [0.5, 0.6) is 0 Å². The number of nitrogens with zero attached hydrogens (tertiary/aromatic N) is 2. The van der Waals surface area contributed by atoms with Gasteiger partial charge in [0, 0.05) is 24.9 Å². The molecule has 2 aromatic carbocycles. The minimum atomic E-state index is -3.64. The molecule has 25 heavy (non-hydrogen) atoms. The van der Waals surface area contributed by atoms with Crippen LogP contribution in [0.25, 0.3) is 0 Å². The highest BCUT2D eigenvalue weighted by Gasteiger charge is 2.14. The molecule has 2 N–H and O–H groups in total. The summed E-state index contributed by atoms with van der Waals surface area (Å²) in [7, 11) is -3.64. The third-order valence-electron chi connectivity index (χ3n) is 4.33. The van der Waals surface area contributed by atoms with Crippen molar-refractivity contribution >= 4 is 10.0 Å². The summed E-state index contributed by atoms with van der Waals surface area (Å²) >= 11 is 0. The van der Waals surface area contributed by atoms with Crippen molar-refractivity contribution in [2.45, 2.75) is 30.7 Å². The van der Waals surface area contributed by atoms with E-state index in [1.165, 1.54) is 5.56 Å². The SMILES string of the molecule is C[C@H](c1ccccc1)c1nccn1CCc1ccc(S(N)(=O)=O)cc1. The maximum atomic E-state index is 11.3. The van der Waals surface area contributed by atoms with Crippen LogP contribution in [0.15, 0.2) is 71.9 Å². The first-order valence-electron chi connectivity index (χ1n) is 8.13. The van der Waals surface area contributed by atoms with Gasteiger partial charge >= 0.3 is 0 Å². The first-order chi connectivity index (χ1) is 11.9. The van der Waals surface area contributed by atoms with Gasteiger partial charge in [0.25, 0.3) is 0 Å². The summed E-state index contributed by atoms with van der Waals surface area (Å²) in [6, 6.07) is 17.0. The fourth-order valence-corrected chi connectivity index (χ4v) is 3.39. The Labute approximate surface area is 148 Å². The average Bonchev–Trinajstić information content (AvgIpc) is 3.08. The van der Waals surface area contributed by atoms with E-state index in [-0.39, 0.29) is 10.8 Å². The van der Waals surface area contributed by atoms with Crippen molar-refractivity contribution < 1.29 is 8.42 Å². The molecule has 3 rings (SSSR count). The van der Waals surface area contributed by atoms with Crippen LogP contribution in [0.2, 0.25) is 0 Å². The van der Waals surface area contributed by atoms with E-state index in [1.807, 2.05) is 30.6 Å². The molecule has 0 saturated carbocycles. The van der Waals surface area contributed by atoms with Gasteiger partial charge in [0.05, 0.1) is 4.90 Å². The van der Waals surface area contributed by atoms with Gasteiger partial charge in [0.1, 0.15) is 5.82 Å². The van der Waals surface area contributed by atoms with E-state index in [2.05, 4.69) is 28.6 Å². The van der Waals surface area contributed by atoms with Gasteiger partial charge < -0.3 is 4.57 Å². The van der Waals surface area contributed by atoms with Crippen molar-refractivity contribution in [1.29, 1.82) is 0 Å². The molecule has 0 aliphatic carbocycles. The first-order valence-corrected chi connectivity index (χ1v) is 9.67. The maximum Gasteiger partial charge on any atom is 0.238 e. The lowest BCUT2D eigenvalue weighted by molar-refractivity contribution is 0.597. The fourth-order valence-electron chi connectivity index (χ4n) is 2.88.